The van der Waals surface area contributed by atoms with Gasteiger partial charge in [0.25, 0.3) is 10.0 Å². The van der Waals surface area contributed by atoms with Gasteiger partial charge >= 0.3 is 0 Å². The molecule has 0 spiro atoms. The highest BCUT2D eigenvalue weighted by Gasteiger charge is 2.27. The van der Waals surface area contributed by atoms with E-state index in [9.17, 15) is 13.2 Å². The molecule has 8 heteroatoms. The normalized spacial score (nSPS) is 11.2. The molecule has 0 radical (unpaired) electrons. The third-order valence-electron chi connectivity index (χ3n) is 4.45. The maximum Gasteiger partial charge on any atom is 0.264 e. The average Bonchev–Trinajstić information content (AvgIpc) is 2.68. The first kappa shape index (κ1) is 22.2. The van der Waals surface area contributed by atoms with Gasteiger partial charge in [0.1, 0.15) is 6.54 Å². The van der Waals surface area contributed by atoms with E-state index < -0.39 is 22.5 Å². The maximum atomic E-state index is 13.4. The number of carbonyl (C=O) groups excluding carboxylic acids is 1. The van der Waals surface area contributed by atoms with E-state index in [1.54, 1.807) is 48.5 Å². The molecule has 0 aliphatic carbocycles. The van der Waals surface area contributed by atoms with E-state index in [0.29, 0.717) is 21.4 Å². The van der Waals surface area contributed by atoms with Crippen LogP contribution in [-0.4, -0.2) is 20.9 Å². The van der Waals surface area contributed by atoms with Crippen LogP contribution >= 0.6 is 23.2 Å². The second-order valence-corrected chi connectivity index (χ2v) is 9.52. The Morgan fingerprint density at radius 3 is 2.30 bits per heavy atom. The summed E-state index contributed by atoms with van der Waals surface area (Å²) in [7, 11) is -4.01. The van der Waals surface area contributed by atoms with Crippen molar-refractivity contribution in [3.8, 4) is 0 Å². The number of hydrogen-bond acceptors (Lipinski definition) is 3. The SMILES string of the molecule is Cc1ccc(S(=O)(=O)N(CC(=O)Nc2cccc(Cl)c2)c2ccc(C)c(Cl)c2)cc1. The Morgan fingerprint density at radius 2 is 1.67 bits per heavy atom. The Hall–Kier alpha value is -2.54. The zero-order valence-corrected chi connectivity index (χ0v) is 18.7. The second-order valence-electron chi connectivity index (χ2n) is 6.82. The summed E-state index contributed by atoms with van der Waals surface area (Å²) in [6, 6.07) is 18.0. The minimum absolute atomic E-state index is 0.0837. The first-order chi connectivity index (χ1) is 14.2. The van der Waals surface area contributed by atoms with Crippen molar-refractivity contribution in [3.05, 3.63) is 87.9 Å². The molecular weight excluding hydrogens is 443 g/mol. The molecule has 0 fully saturated rings. The predicted octanol–water partition coefficient (Wildman–Crippen LogP) is 5.44. The van der Waals surface area contributed by atoms with Gasteiger partial charge in [-0.2, -0.15) is 0 Å². The van der Waals surface area contributed by atoms with Gasteiger partial charge in [-0.1, -0.05) is 53.0 Å². The number of nitrogens with zero attached hydrogens (tertiary/aromatic N) is 1. The van der Waals surface area contributed by atoms with Gasteiger partial charge in [-0.05, 0) is 61.9 Å². The summed E-state index contributed by atoms with van der Waals surface area (Å²) in [5, 5.41) is 3.55. The van der Waals surface area contributed by atoms with Crippen LogP contribution in [0.3, 0.4) is 0 Å². The minimum Gasteiger partial charge on any atom is -0.324 e. The Bertz CT molecular complexity index is 1180. The van der Waals surface area contributed by atoms with Gasteiger partial charge in [0.15, 0.2) is 0 Å². The molecule has 0 aromatic heterocycles. The summed E-state index contributed by atoms with van der Waals surface area (Å²) >= 11 is 12.2. The van der Waals surface area contributed by atoms with Crippen molar-refractivity contribution in [2.75, 3.05) is 16.2 Å². The maximum absolute atomic E-state index is 13.4. The fourth-order valence-electron chi connectivity index (χ4n) is 2.79. The van der Waals surface area contributed by atoms with E-state index >= 15 is 0 Å². The van der Waals surface area contributed by atoms with Crippen LogP contribution in [0.5, 0.6) is 0 Å². The molecule has 0 saturated heterocycles. The molecule has 156 valence electrons. The van der Waals surface area contributed by atoms with Crippen molar-refractivity contribution in [2.24, 2.45) is 0 Å². The Kier molecular flexibility index (Phi) is 6.71. The van der Waals surface area contributed by atoms with Gasteiger partial charge in [-0.15, -0.1) is 0 Å². The molecular formula is C22H20Cl2N2O3S. The van der Waals surface area contributed by atoms with E-state index in [4.69, 9.17) is 23.2 Å². The van der Waals surface area contributed by atoms with Gasteiger partial charge in [0.05, 0.1) is 10.6 Å². The molecule has 30 heavy (non-hydrogen) atoms. The quantitative estimate of drug-likeness (QED) is 0.529. The van der Waals surface area contributed by atoms with E-state index in [1.807, 2.05) is 13.8 Å². The number of hydrogen-bond donors (Lipinski definition) is 1. The number of amides is 1. The zero-order chi connectivity index (χ0) is 21.9. The Balaban J connectivity index is 1.97. The smallest absolute Gasteiger partial charge is 0.264 e. The van der Waals surface area contributed by atoms with Crippen molar-refractivity contribution in [3.63, 3.8) is 0 Å². The standard InChI is InChI=1S/C22H20Cl2N2O3S/c1-15-6-10-20(11-7-15)30(28,29)26(19-9-8-16(2)21(24)13-19)14-22(27)25-18-5-3-4-17(23)12-18/h3-13H,14H2,1-2H3,(H,25,27). The van der Waals surface area contributed by atoms with Crippen molar-refractivity contribution in [1.29, 1.82) is 0 Å². The van der Waals surface area contributed by atoms with Gasteiger partial charge in [-0.3, -0.25) is 9.10 Å². The lowest BCUT2D eigenvalue weighted by molar-refractivity contribution is -0.114. The average molecular weight is 463 g/mol. The van der Waals surface area contributed by atoms with E-state index in [2.05, 4.69) is 5.32 Å². The lowest BCUT2D eigenvalue weighted by Crippen LogP contribution is -2.38. The Morgan fingerprint density at radius 1 is 0.967 bits per heavy atom. The van der Waals surface area contributed by atoms with Crippen LogP contribution in [0.1, 0.15) is 11.1 Å². The summed E-state index contributed by atoms with van der Waals surface area (Å²) in [6.07, 6.45) is 0. The van der Waals surface area contributed by atoms with Gasteiger partial charge < -0.3 is 5.32 Å². The third kappa shape index (κ3) is 5.14. The highest BCUT2D eigenvalue weighted by Crippen LogP contribution is 2.28. The van der Waals surface area contributed by atoms with Crippen LogP contribution in [0.25, 0.3) is 0 Å². The fourth-order valence-corrected chi connectivity index (χ4v) is 4.56. The zero-order valence-electron chi connectivity index (χ0n) is 16.4. The number of carbonyl (C=O) groups is 1. The van der Waals surface area contributed by atoms with E-state index in [0.717, 1.165) is 15.4 Å². The summed E-state index contributed by atoms with van der Waals surface area (Å²) in [5.41, 5.74) is 2.50. The Labute approximate surface area is 186 Å². The number of sulfonamides is 1. The van der Waals surface area contributed by atoms with Crippen molar-refractivity contribution in [2.45, 2.75) is 18.7 Å². The number of rotatable bonds is 6. The first-order valence-electron chi connectivity index (χ1n) is 9.08. The predicted molar refractivity (Wildman–Crippen MR) is 122 cm³/mol. The summed E-state index contributed by atoms with van der Waals surface area (Å²) in [6.45, 7) is 3.26. The van der Waals surface area contributed by atoms with E-state index in [1.165, 1.54) is 18.2 Å². The van der Waals surface area contributed by atoms with Crippen LogP contribution in [0.4, 0.5) is 11.4 Å². The largest absolute Gasteiger partial charge is 0.324 e. The summed E-state index contributed by atoms with van der Waals surface area (Å²) in [5.74, 6) is -0.510. The minimum atomic E-state index is -4.01. The second kappa shape index (κ2) is 9.08. The number of nitrogens with one attached hydrogen (secondary N) is 1. The molecule has 3 aromatic rings. The van der Waals surface area contributed by atoms with Crippen LogP contribution in [0.15, 0.2) is 71.6 Å². The third-order valence-corrected chi connectivity index (χ3v) is 6.88. The monoisotopic (exact) mass is 462 g/mol. The molecule has 3 aromatic carbocycles. The van der Waals surface area contributed by atoms with Crippen LogP contribution < -0.4 is 9.62 Å². The molecule has 0 bridgehead atoms. The highest BCUT2D eigenvalue weighted by molar-refractivity contribution is 7.92. The molecule has 0 aliphatic rings. The van der Waals surface area contributed by atoms with Gasteiger partial charge in [0.2, 0.25) is 5.91 Å². The topological polar surface area (TPSA) is 66.5 Å². The first-order valence-corrected chi connectivity index (χ1v) is 11.3. The van der Waals surface area contributed by atoms with Gasteiger partial charge in [0, 0.05) is 15.7 Å². The lowest BCUT2D eigenvalue weighted by atomic mass is 10.2. The van der Waals surface area contributed by atoms with Crippen LogP contribution in [-0.2, 0) is 14.8 Å². The molecule has 1 amide bonds. The molecule has 0 atom stereocenters. The number of halogens is 2. The molecule has 0 heterocycles. The van der Waals surface area contributed by atoms with Gasteiger partial charge in [-0.25, -0.2) is 8.42 Å². The van der Waals surface area contributed by atoms with Crippen molar-refractivity contribution in [1.82, 2.24) is 0 Å². The molecule has 0 unspecified atom stereocenters. The molecule has 0 saturated carbocycles. The van der Waals surface area contributed by atoms with Crippen LogP contribution in [0, 0.1) is 13.8 Å². The molecule has 5 nitrogen and oxygen atoms in total. The highest BCUT2D eigenvalue weighted by atomic mass is 35.5. The molecule has 1 N–H and O–H groups in total. The van der Waals surface area contributed by atoms with Crippen molar-refractivity contribution >= 4 is 50.5 Å². The number of aryl methyl sites for hydroxylation is 2. The number of benzene rings is 3. The lowest BCUT2D eigenvalue weighted by Gasteiger charge is -2.24. The van der Waals surface area contributed by atoms with Crippen molar-refractivity contribution < 1.29 is 13.2 Å². The number of anilines is 2. The van der Waals surface area contributed by atoms with E-state index in [-0.39, 0.29) is 4.90 Å². The molecule has 3 rings (SSSR count). The van der Waals surface area contributed by atoms with Crippen LogP contribution in [0.2, 0.25) is 10.0 Å². The fraction of sp³-hybridized carbons (Fsp3) is 0.136. The summed E-state index contributed by atoms with van der Waals surface area (Å²) < 4.78 is 27.8. The summed E-state index contributed by atoms with van der Waals surface area (Å²) in [4.78, 5) is 12.8. The molecule has 0 aliphatic heterocycles.